The maximum absolute atomic E-state index is 5.84. The molecule has 2 rings (SSSR count). The number of hydrogen-bond donors (Lipinski definition) is 3. The summed E-state index contributed by atoms with van der Waals surface area (Å²) >= 11 is 0. The van der Waals surface area contributed by atoms with E-state index in [1.807, 2.05) is 24.3 Å². The van der Waals surface area contributed by atoms with E-state index in [2.05, 4.69) is 27.2 Å². The third-order valence-electron chi connectivity index (χ3n) is 3.40. The average molecular weight is 287 g/mol. The number of aromatic nitrogens is 2. The Bertz CT molecular complexity index is 540. The Kier molecular flexibility index (Phi) is 6.06. The Morgan fingerprint density at radius 1 is 1.29 bits per heavy atom. The van der Waals surface area contributed by atoms with Crippen molar-refractivity contribution in [1.29, 1.82) is 0 Å². The molecular formula is C16H25N5. The molecule has 5 nitrogen and oxygen atoms in total. The highest BCUT2D eigenvalue weighted by atomic mass is 15.1. The summed E-state index contributed by atoms with van der Waals surface area (Å²) in [6.07, 6.45) is 5.66. The van der Waals surface area contributed by atoms with Gasteiger partial charge < -0.3 is 16.0 Å². The maximum atomic E-state index is 5.84. The number of rotatable bonds is 8. The van der Waals surface area contributed by atoms with Crippen LogP contribution in [0.2, 0.25) is 0 Å². The molecule has 0 aliphatic heterocycles. The van der Waals surface area contributed by atoms with Crippen LogP contribution >= 0.6 is 0 Å². The fraction of sp³-hybridized carbons (Fsp3) is 0.500. The van der Waals surface area contributed by atoms with Gasteiger partial charge in [-0.15, -0.1) is 0 Å². The Balaban J connectivity index is 1.69. The van der Waals surface area contributed by atoms with Gasteiger partial charge in [0.2, 0.25) is 0 Å². The summed E-state index contributed by atoms with van der Waals surface area (Å²) in [5.41, 5.74) is 7.91. The zero-order chi connectivity index (χ0) is 14.9. The van der Waals surface area contributed by atoms with Crippen LogP contribution in [0.25, 0.3) is 11.0 Å². The maximum Gasteiger partial charge on any atom is 0.188 e. The molecule has 0 saturated carbocycles. The molecule has 0 fully saturated rings. The second-order valence-corrected chi connectivity index (χ2v) is 5.21. The quantitative estimate of drug-likeness (QED) is 0.396. The molecule has 1 heterocycles. The fourth-order valence-corrected chi connectivity index (χ4v) is 2.23. The lowest BCUT2D eigenvalue weighted by Gasteiger charge is -2.04. The number of aromatic amines is 1. The molecule has 0 amide bonds. The second-order valence-electron chi connectivity index (χ2n) is 5.21. The van der Waals surface area contributed by atoms with E-state index in [1.165, 1.54) is 19.3 Å². The number of benzene rings is 1. The number of nitrogens with zero attached hydrogens (tertiary/aromatic N) is 2. The molecule has 1 aromatic heterocycles. The summed E-state index contributed by atoms with van der Waals surface area (Å²) in [6.45, 7) is 3.75. The van der Waals surface area contributed by atoms with E-state index in [9.17, 15) is 0 Å². The summed E-state index contributed by atoms with van der Waals surface area (Å²) in [4.78, 5) is 12.2. The van der Waals surface area contributed by atoms with Crippen molar-refractivity contribution in [2.45, 2.75) is 39.0 Å². The molecule has 0 aliphatic carbocycles. The Morgan fingerprint density at radius 2 is 2.14 bits per heavy atom. The summed E-state index contributed by atoms with van der Waals surface area (Å²) in [5.74, 6) is 1.50. The predicted molar refractivity (Wildman–Crippen MR) is 88.4 cm³/mol. The van der Waals surface area contributed by atoms with Crippen LogP contribution in [0.5, 0.6) is 0 Å². The van der Waals surface area contributed by atoms with E-state index in [4.69, 9.17) is 5.73 Å². The smallest absolute Gasteiger partial charge is 0.188 e. The van der Waals surface area contributed by atoms with Gasteiger partial charge in [0.05, 0.1) is 11.0 Å². The van der Waals surface area contributed by atoms with E-state index < -0.39 is 0 Å². The van der Waals surface area contributed by atoms with Crippen molar-refractivity contribution < 1.29 is 0 Å². The number of unbranched alkanes of at least 4 members (excludes halogenated alkanes) is 3. The van der Waals surface area contributed by atoms with Crippen LogP contribution < -0.4 is 11.1 Å². The van der Waals surface area contributed by atoms with E-state index in [-0.39, 0.29) is 0 Å². The molecule has 0 aliphatic rings. The van der Waals surface area contributed by atoms with Gasteiger partial charge in [0, 0.05) is 19.5 Å². The van der Waals surface area contributed by atoms with E-state index in [0.717, 1.165) is 42.8 Å². The molecule has 0 atom stereocenters. The van der Waals surface area contributed by atoms with E-state index in [0.29, 0.717) is 5.96 Å². The number of para-hydroxylation sites is 2. The summed E-state index contributed by atoms with van der Waals surface area (Å²) in [5, 5.41) is 3.13. The van der Waals surface area contributed by atoms with Gasteiger partial charge in [-0.05, 0) is 18.6 Å². The predicted octanol–water partition coefficient (Wildman–Crippen LogP) is 2.59. The minimum Gasteiger partial charge on any atom is -0.370 e. The van der Waals surface area contributed by atoms with Crippen molar-refractivity contribution in [2.75, 3.05) is 13.1 Å². The Labute approximate surface area is 126 Å². The Morgan fingerprint density at radius 3 is 2.95 bits per heavy atom. The largest absolute Gasteiger partial charge is 0.370 e. The summed E-state index contributed by atoms with van der Waals surface area (Å²) in [7, 11) is 0. The minimum absolute atomic E-state index is 0.530. The van der Waals surface area contributed by atoms with Crippen molar-refractivity contribution in [3.05, 3.63) is 30.1 Å². The molecule has 1 aromatic carbocycles. The first-order valence-electron chi connectivity index (χ1n) is 7.77. The van der Waals surface area contributed by atoms with Crippen molar-refractivity contribution in [3.8, 4) is 0 Å². The second kappa shape index (κ2) is 8.29. The number of H-pyrrole nitrogens is 1. The van der Waals surface area contributed by atoms with Gasteiger partial charge in [-0.2, -0.15) is 0 Å². The van der Waals surface area contributed by atoms with Crippen LogP contribution in [-0.2, 0) is 6.42 Å². The summed E-state index contributed by atoms with van der Waals surface area (Å²) < 4.78 is 0. The van der Waals surface area contributed by atoms with Gasteiger partial charge in [-0.3, -0.25) is 4.99 Å². The van der Waals surface area contributed by atoms with Gasteiger partial charge in [-0.1, -0.05) is 38.3 Å². The standard InChI is InChI=1S/C16H25N5/c1-2-3-4-7-11-18-16(17)19-12-10-15-20-13-8-5-6-9-14(13)21-15/h5-6,8-9H,2-4,7,10-12H2,1H3,(H,20,21)(H3,17,18,19). The molecule has 0 radical (unpaired) electrons. The molecule has 0 spiro atoms. The van der Waals surface area contributed by atoms with E-state index in [1.54, 1.807) is 0 Å². The zero-order valence-electron chi connectivity index (χ0n) is 12.7. The number of fused-ring (bicyclic) bond motifs is 1. The first-order valence-corrected chi connectivity index (χ1v) is 7.77. The molecule has 5 heteroatoms. The van der Waals surface area contributed by atoms with Crippen LogP contribution in [0, 0.1) is 0 Å². The van der Waals surface area contributed by atoms with Gasteiger partial charge in [0.1, 0.15) is 5.82 Å². The lowest BCUT2D eigenvalue weighted by molar-refractivity contribution is 0.673. The number of nitrogens with two attached hydrogens (primary N) is 1. The molecule has 114 valence electrons. The average Bonchev–Trinajstić information content (AvgIpc) is 2.89. The summed E-state index contributed by atoms with van der Waals surface area (Å²) in [6, 6.07) is 8.04. The van der Waals surface area contributed by atoms with Crippen LogP contribution in [0.3, 0.4) is 0 Å². The van der Waals surface area contributed by atoms with Crippen LogP contribution in [0.15, 0.2) is 29.3 Å². The molecule has 4 N–H and O–H groups in total. The van der Waals surface area contributed by atoms with Crippen molar-refractivity contribution in [1.82, 2.24) is 15.3 Å². The van der Waals surface area contributed by atoms with Gasteiger partial charge in [-0.25, -0.2) is 4.98 Å². The van der Waals surface area contributed by atoms with Crippen LogP contribution in [-0.4, -0.2) is 29.0 Å². The van der Waals surface area contributed by atoms with Crippen LogP contribution in [0.4, 0.5) is 0 Å². The SMILES string of the molecule is CCCCCCN=C(N)NCCc1nc2ccccc2[nH]1. The molecule has 0 saturated heterocycles. The highest BCUT2D eigenvalue weighted by molar-refractivity contribution is 5.77. The number of imidazole rings is 1. The number of nitrogens with one attached hydrogen (secondary N) is 2. The van der Waals surface area contributed by atoms with Crippen molar-refractivity contribution in [2.24, 2.45) is 10.7 Å². The first kappa shape index (κ1) is 15.4. The zero-order valence-corrected chi connectivity index (χ0v) is 12.7. The Hall–Kier alpha value is -2.04. The molecule has 2 aromatic rings. The minimum atomic E-state index is 0.530. The molecule has 0 bridgehead atoms. The number of hydrogen-bond acceptors (Lipinski definition) is 2. The van der Waals surface area contributed by atoms with Gasteiger partial charge in [0.25, 0.3) is 0 Å². The third kappa shape index (κ3) is 5.10. The highest BCUT2D eigenvalue weighted by Gasteiger charge is 2.01. The fourth-order valence-electron chi connectivity index (χ4n) is 2.23. The van der Waals surface area contributed by atoms with Gasteiger partial charge in [0.15, 0.2) is 5.96 Å². The number of guanidine groups is 1. The van der Waals surface area contributed by atoms with E-state index >= 15 is 0 Å². The van der Waals surface area contributed by atoms with Crippen molar-refractivity contribution in [3.63, 3.8) is 0 Å². The van der Waals surface area contributed by atoms with Gasteiger partial charge >= 0.3 is 0 Å². The normalized spacial score (nSPS) is 12.0. The lowest BCUT2D eigenvalue weighted by Crippen LogP contribution is -2.33. The monoisotopic (exact) mass is 287 g/mol. The highest BCUT2D eigenvalue weighted by Crippen LogP contribution is 2.10. The topological polar surface area (TPSA) is 79.1 Å². The molecular weight excluding hydrogens is 262 g/mol. The third-order valence-corrected chi connectivity index (χ3v) is 3.40. The molecule has 0 unspecified atom stereocenters. The van der Waals surface area contributed by atoms with Crippen LogP contribution in [0.1, 0.15) is 38.4 Å². The lowest BCUT2D eigenvalue weighted by atomic mass is 10.2. The first-order chi connectivity index (χ1) is 10.3. The van der Waals surface area contributed by atoms with Crippen molar-refractivity contribution >= 4 is 17.0 Å². The number of aliphatic imine (C=N–C) groups is 1. The molecule has 21 heavy (non-hydrogen) atoms.